The molecule has 3 rings (SSSR count). The van der Waals surface area contributed by atoms with Crippen LogP contribution in [0.5, 0.6) is 5.75 Å². The van der Waals surface area contributed by atoms with Gasteiger partial charge < -0.3 is 24.6 Å². The van der Waals surface area contributed by atoms with E-state index in [-0.39, 0.29) is 30.0 Å². The zero-order valence-electron chi connectivity index (χ0n) is 16.8. The van der Waals surface area contributed by atoms with E-state index in [0.29, 0.717) is 43.8 Å². The molecular formula is C20H27N3O5S. The summed E-state index contributed by atoms with van der Waals surface area (Å²) in [7, 11) is 1.60. The van der Waals surface area contributed by atoms with Crippen molar-refractivity contribution in [3.05, 3.63) is 29.8 Å². The summed E-state index contributed by atoms with van der Waals surface area (Å²) in [6.07, 6.45) is 1.40. The molecule has 8 nitrogen and oxygen atoms in total. The maximum absolute atomic E-state index is 13.1. The first-order valence-electron chi connectivity index (χ1n) is 9.77. The molecule has 0 unspecified atom stereocenters. The smallest absolute Gasteiger partial charge is 0.325 e. The van der Waals surface area contributed by atoms with E-state index < -0.39 is 5.97 Å². The van der Waals surface area contributed by atoms with Gasteiger partial charge in [0, 0.05) is 31.0 Å². The van der Waals surface area contributed by atoms with E-state index >= 15 is 0 Å². The number of ether oxygens (including phenoxy) is 2. The summed E-state index contributed by atoms with van der Waals surface area (Å²) in [5, 5.41) is 2.60. The molecule has 2 fully saturated rings. The van der Waals surface area contributed by atoms with Gasteiger partial charge in [0.05, 0.1) is 18.6 Å². The van der Waals surface area contributed by atoms with Gasteiger partial charge in [0.1, 0.15) is 12.3 Å². The lowest BCUT2D eigenvalue weighted by atomic mass is 10.0. The molecule has 3 amide bonds. The summed E-state index contributed by atoms with van der Waals surface area (Å²) < 4.78 is 9.99. The van der Waals surface area contributed by atoms with E-state index in [1.54, 1.807) is 55.0 Å². The average molecular weight is 422 g/mol. The third-order valence-electron chi connectivity index (χ3n) is 5.28. The van der Waals surface area contributed by atoms with Gasteiger partial charge in [-0.25, -0.2) is 4.79 Å². The van der Waals surface area contributed by atoms with Crippen LogP contribution in [-0.4, -0.2) is 78.2 Å². The van der Waals surface area contributed by atoms with Crippen molar-refractivity contribution in [2.45, 2.75) is 24.6 Å². The topological polar surface area (TPSA) is 88.2 Å². The largest absolute Gasteiger partial charge is 0.497 e. The third kappa shape index (κ3) is 4.77. The minimum Gasteiger partial charge on any atom is -0.497 e. The molecule has 0 saturated carbocycles. The molecule has 1 spiro atoms. The van der Waals surface area contributed by atoms with Crippen LogP contribution in [-0.2, 0) is 9.53 Å². The van der Waals surface area contributed by atoms with Gasteiger partial charge in [0.2, 0.25) is 0 Å². The van der Waals surface area contributed by atoms with Crippen LogP contribution in [0.3, 0.4) is 0 Å². The van der Waals surface area contributed by atoms with Crippen LogP contribution in [0.4, 0.5) is 4.79 Å². The van der Waals surface area contributed by atoms with Gasteiger partial charge in [-0.05, 0) is 44.0 Å². The van der Waals surface area contributed by atoms with E-state index in [0.717, 1.165) is 5.75 Å². The predicted octanol–water partition coefficient (Wildman–Crippen LogP) is 1.95. The average Bonchev–Trinajstić information content (AvgIpc) is 3.15. The molecule has 158 valence electrons. The molecule has 1 aromatic carbocycles. The van der Waals surface area contributed by atoms with Crippen molar-refractivity contribution in [2.75, 3.05) is 45.6 Å². The lowest BCUT2D eigenvalue weighted by Crippen LogP contribution is -2.55. The Morgan fingerprint density at radius 2 is 1.83 bits per heavy atom. The third-order valence-corrected chi connectivity index (χ3v) is 6.83. The normalized spacial score (nSPS) is 17.9. The molecule has 0 bridgehead atoms. The van der Waals surface area contributed by atoms with Gasteiger partial charge in [-0.3, -0.25) is 9.59 Å². The number of urea groups is 1. The minimum absolute atomic E-state index is 0.0119. The summed E-state index contributed by atoms with van der Waals surface area (Å²) >= 11 is 1.79. The van der Waals surface area contributed by atoms with Crippen molar-refractivity contribution >= 4 is 29.7 Å². The number of carbonyl (C=O) groups is 3. The first-order valence-corrected chi connectivity index (χ1v) is 10.8. The van der Waals surface area contributed by atoms with Crippen LogP contribution < -0.4 is 10.1 Å². The molecule has 2 saturated heterocycles. The molecular weight excluding hydrogens is 394 g/mol. The van der Waals surface area contributed by atoms with E-state index in [1.165, 1.54) is 0 Å². The van der Waals surface area contributed by atoms with Crippen molar-refractivity contribution in [1.29, 1.82) is 0 Å². The molecule has 1 aromatic rings. The number of benzene rings is 1. The first kappa shape index (κ1) is 21.3. The Bertz CT molecular complexity index is 747. The maximum atomic E-state index is 13.1. The molecule has 0 atom stereocenters. The van der Waals surface area contributed by atoms with Crippen molar-refractivity contribution in [1.82, 2.24) is 15.1 Å². The number of hydrogen-bond donors (Lipinski definition) is 1. The standard InChI is InChI=1S/C20H27N3O5S/c1-3-28-17(24)14-21-19(26)22-10-8-20(9-11-22)23(12-13-29-20)18(25)15-4-6-16(27-2)7-5-15/h4-7H,3,8-14H2,1-2H3,(H,21,26). The monoisotopic (exact) mass is 421 g/mol. The Hall–Kier alpha value is -2.42. The second kappa shape index (κ2) is 9.39. The molecule has 2 aliphatic rings. The quantitative estimate of drug-likeness (QED) is 0.731. The molecule has 0 aliphatic carbocycles. The van der Waals surface area contributed by atoms with Gasteiger partial charge in [-0.15, -0.1) is 11.8 Å². The summed E-state index contributed by atoms with van der Waals surface area (Å²) in [6, 6.07) is 6.88. The highest BCUT2D eigenvalue weighted by Crippen LogP contribution is 2.44. The highest BCUT2D eigenvalue weighted by Gasteiger charge is 2.47. The number of thioether (sulfide) groups is 1. The highest BCUT2D eigenvalue weighted by atomic mass is 32.2. The number of esters is 1. The Morgan fingerprint density at radius 3 is 2.45 bits per heavy atom. The Labute approximate surface area is 174 Å². The Kier molecular flexibility index (Phi) is 6.89. The van der Waals surface area contributed by atoms with E-state index in [9.17, 15) is 14.4 Å². The molecule has 2 aliphatic heterocycles. The predicted molar refractivity (Wildman–Crippen MR) is 110 cm³/mol. The van der Waals surface area contributed by atoms with Crippen LogP contribution in [0, 0.1) is 0 Å². The molecule has 2 heterocycles. The number of carbonyl (C=O) groups excluding carboxylic acids is 3. The van der Waals surface area contributed by atoms with Crippen molar-refractivity contribution < 1.29 is 23.9 Å². The van der Waals surface area contributed by atoms with Crippen molar-refractivity contribution in [3.63, 3.8) is 0 Å². The van der Waals surface area contributed by atoms with Crippen molar-refractivity contribution in [2.24, 2.45) is 0 Å². The summed E-state index contributed by atoms with van der Waals surface area (Å²) in [6.45, 7) is 3.65. The van der Waals surface area contributed by atoms with Gasteiger partial charge in [0.25, 0.3) is 5.91 Å². The molecule has 0 aromatic heterocycles. The van der Waals surface area contributed by atoms with Gasteiger partial charge >= 0.3 is 12.0 Å². The number of piperidine rings is 1. The number of nitrogens with zero attached hydrogens (tertiary/aromatic N) is 2. The zero-order valence-corrected chi connectivity index (χ0v) is 17.6. The van der Waals surface area contributed by atoms with E-state index in [4.69, 9.17) is 9.47 Å². The summed E-state index contributed by atoms with van der Waals surface area (Å²) in [4.78, 5) is 40.2. The van der Waals surface area contributed by atoms with E-state index in [2.05, 4.69) is 5.32 Å². The van der Waals surface area contributed by atoms with Crippen LogP contribution in [0.25, 0.3) is 0 Å². The maximum Gasteiger partial charge on any atom is 0.325 e. The number of hydrogen-bond acceptors (Lipinski definition) is 6. The fourth-order valence-electron chi connectivity index (χ4n) is 3.73. The van der Waals surface area contributed by atoms with Crippen LogP contribution in [0.15, 0.2) is 24.3 Å². The highest BCUT2D eigenvalue weighted by molar-refractivity contribution is 8.00. The zero-order chi connectivity index (χ0) is 20.9. The van der Waals surface area contributed by atoms with Gasteiger partial charge in [0.15, 0.2) is 0 Å². The van der Waals surface area contributed by atoms with Gasteiger partial charge in [-0.2, -0.15) is 0 Å². The van der Waals surface area contributed by atoms with Crippen molar-refractivity contribution in [3.8, 4) is 5.75 Å². The Morgan fingerprint density at radius 1 is 1.14 bits per heavy atom. The second-order valence-corrected chi connectivity index (χ2v) is 8.39. The molecule has 1 N–H and O–H groups in total. The molecule has 9 heteroatoms. The second-order valence-electron chi connectivity index (χ2n) is 6.93. The molecule has 29 heavy (non-hydrogen) atoms. The minimum atomic E-state index is -0.447. The lowest BCUT2D eigenvalue weighted by molar-refractivity contribution is -0.141. The SMILES string of the molecule is CCOC(=O)CNC(=O)N1CCC2(CC1)SCCN2C(=O)c1ccc(OC)cc1. The van der Waals surface area contributed by atoms with Crippen LogP contribution >= 0.6 is 11.8 Å². The van der Waals surface area contributed by atoms with Gasteiger partial charge in [-0.1, -0.05) is 0 Å². The lowest BCUT2D eigenvalue weighted by Gasteiger charge is -2.44. The summed E-state index contributed by atoms with van der Waals surface area (Å²) in [5.74, 6) is 1.17. The van der Waals surface area contributed by atoms with Crippen LogP contribution in [0.2, 0.25) is 0 Å². The number of amides is 3. The fraction of sp³-hybridized carbons (Fsp3) is 0.550. The summed E-state index contributed by atoms with van der Waals surface area (Å²) in [5.41, 5.74) is 0.641. The number of methoxy groups -OCH3 is 1. The van der Waals surface area contributed by atoms with Crippen LogP contribution in [0.1, 0.15) is 30.1 Å². The Balaban J connectivity index is 1.58. The fourth-order valence-corrected chi connectivity index (χ4v) is 5.18. The van der Waals surface area contributed by atoms with E-state index in [1.807, 2.05) is 4.90 Å². The molecule has 0 radical (unpaired) electrons. The number of likely N-dealkylation sites (tertiary alicyclic amines) is 1. The number of rotatable bonds is 5. The number of nitrogens with one attached hydrogen (secondary N) is 1. The first-order chi connectivity index (χ1) is 14.0.